The Morgan fingerprint density at radius 2 is 1.59 bits per heavy atom. The summed E-state index contributed by atoms with van der Waals surface area (Å²) in [7, 11) is -4.39. The normalized spacial score (nSPS) is 11.7. The van der Waals surface area contributed by atoms with Crippen LogP contribution in [-0.2, 0) is 16.6 Å². The molecule has 9 heteroatoms. The van der Waals surface area contributed by atoms with Crippen molar-refractivity contribution in [3.63, 3.8) is 0 Å². The highest BCUT2D eigenvalue weighted by molar-refractivity contribution is 7.89. The molecule has 22 heavy (non-hydrogen) atoms. The number of hydrogen-bond acceptors (Lipinski definition) is 2. The van der Waals surface area contributed by atoms with E-state index in [9.17, 15) is 26.0 Å². The lowest BCUT2D eigenvalue weighted by Gasteiger charge is -2.10. The Balaban J connectivity index is 2.29. The molecule has 0 aliphatic rings. The van der Waals surface area contributed by atoms with E-state index < -0.39 is 55.3 Å². The van der Waals surface area contributed by atoms with E-state index in [1.807, 2.05) is 4.72 Å². The Morgan fingerprint density at radius 3 is 2.23 bits per heavy atom. The van der Waals surface area contributed by atoms with Crippen LogP contribution in [0.4, 0.5) is 17.6 Å². The van der Waals surface area contributed by atoms with Crippen LogP contribution in [0.25, 0.3) is 0 Å². The molecule has 0 heterocycles. The average molecular weight is 354 g/mol. The molecule has 0 bridgehead atoms. The van der Waals surface area contributed by atoms with Crippen LogP contribution >= 0.6 is 11.6 Å². The summed E-state index contributed by atoms with van der Waals surface area (Å²) in [6, 6.07) is 3.44. The van der Waals surface area contributed by atoms with Gasteiger partial charge >= 0.3 is 0 Å². The second-order valence-corrected chi connectivity index (χ2v) is 6.33. The first-order chi connectivity index (χ1) is 10.2. The largest absolute Gasteiger partial charge is 0.243 e. The third kappa shape index (κ3) is 3.40. The van der Waals surface area contributed by atoms with Crippen molar-refractivity contribution in [1.29, 1.82) is 0 Å². The van der Waals surface area contributed by atoms with Crippen LogP contribution in [0.1, 0.15) is 5.56 Å². The zero-order valence-electron chi connectivity index (χ0n) is 10.7. The van der Waals surface area contributed by atoms with E-state index in [2.05, 4.69) is 0 Å². The van der Waals surface area contributed by atoms with Crippen molar-refractivity contribution in [2.24, 2.45) is 0 Å². The standard InChI is InChI=1S/C13H8ClF4NO2S/c14-13-8(9(16)2-3-10(13)17)6-19-22(20,21)12-4-1-7(15)5-11(12)18/h1-5,19H,6H2. The summed E-state index contributed by atoms with van der Waals surface area (Å²) in [5.74, 6) is -4.10. The number of hydrogen-bond donors (Lipinski definition) is 1. The van der Waals surface area contributed by atoms with Crippen LogP contribution in [0.5, 0.6) is 0 Å². The van der Waals surface area contributed by atoms with E-state index in [1.165, 1.54) is 0 Å². The highest BCUT2D eigenvalue weighted by Crippen LogP contribution is 2.23. The molecule has 0 aliphatic carbocycles. The summed E-state index contributed by atoms with van der Waals surface area (Å²) in [5.41, 5.74) is -0.423. The molecular formula is C13H8ClF4NO2S. The molecule has 0 amide bonds. The smallest absolute Gasteiger partial charge is 0.207 e. The van der Waals surface area contributed by atoms with Gasteiger partial charge in [-0.25, -0.2) is 30.7 Å². The highest BCUT2D eigenvalue weighted by Gasteiger charge is 2.21. The van der Waals surface area contributed by atoms with Crippen LogP contribution in [-0.4, -0.2) is 8.42 Å². The van der Waals surface area contributed by atoms with Crippen molar-refractivity contribution in [2.45, 2.75) is 11.4 Å². The van der Waals surface area contributed by atoms with Crippen LogP contribution in [0.2, 0.25) is 5.02 Å². The summed E-state index contributed by atoms with van der Waals surface area (Å²) in [6.45, 7) is -0.693. The van der Waals surface area contributed by atoms with E-state index in [0.717, 1.165) is 24.3 Å². The van der Waals surface area contributed by atoms with Crippen molar-refractivity contribution < 1.29 is 26.0 Å². The van der Waals surface area contributed by atoms with Crippen LogP contribution in [0.15, 0.2) is 35.2 Å². The van der Waals surface area contributed by atoms with Crippen LogP contribution in [0, 0.1) is 23.3 Å². The molecule has 1 N–H and O–H groups in total. The third-order valence-electron chi connectivity index (χ3n) is 2.76. The Morgan fingerprint density at radius 1 is 0.955 bits per heavy atom. The third-order valence-corrected chi connectivity index (χ3v) is 4.60. The molecule has 0 fully saturated rings. The molecule has 0 atom stereocenters. The van der Waals surface area contributed by atoms with Crippen molar-refractivity contribution in [3.8, 4) is 0 Å². The van der Waals surface area contributed by atoms with E-state index in [1.54, 1.807) is 0 Å². The van der Waals surface area contributed by atoms with Gasteiger partial charge in [-0.15, -0.1) is 0 Å². The number of rotatable bonds is 4. The molecule has 0 aliphatic heterocycles. The first kappa shape index (κ1) is 16.7. The van der Waals surface area contributed by atoms with Gasteiger partial charge in [0.2, 0.25) is 10.0 Å². The maximum atomic E-state index is 13.5. The zero-order chi connectivity index (χ0) is 16.5. The van der Waals surface area contributed by atoms with Gasteiger partial charge in [-0.2, -0.15) is 0 Å². The fraction of sp³-hybridized carbons (Fsp3) is 0.0769. The first-order valence-electron chi connectivity index (χ1n) is 5.79. The lowest BCUT2D eigenvalue weighted by Crippen LogP contribution is -2.25. The molecule has 0 aromatic heterocycles. The molecule has 2 aromatic rings. The molecule has 2 rings (SSSR count). The van der Waals surface area contributed by atoms with Gasteiger partial charge in [0.15, 0.2) is 0 Å². The lowest BCUT2D eigenvalue weighted by molar-refractivity contribution is 0.540. The molecule has 2 aromatic carbocycles. The summed E-state index contributed by atoms with van der Waals surface area (Å²) >= 11 is 5.55. The van der Waals surface area contributed by atoms with E-state index in [4.69, 9.17) is 11.6 Å². The minimum Gasteiger partial charge on any atom is -0.207 e. The van der Waals surface area contributed by atoms with Gasteiger partial charge < -0.3 is 0 Å². The lowest BCUT2D eigenvalue weighted by atomic mass is 10.2. The average Bonchev–Trinajstić information content (AvgIpc) is 2.42. The Kier molecular flexibility index (Phi) is 4.74. The van der Waals surface area contributed by atoms with Gasteiger partial charge in [-0.1, -0.05) is 11.6 Å². The first-order valence-corrected chi connectivity index (χ1v) is 7.65. The van der Waals surface area contributed by atoms with Gasteiger partial charge in [-0.3, -0.25) is 0 Å². The second kappa shape index (κ2) is 6.23. The fourth-order valence-corrected chi connectivity index (χ4v) is 2.94. The summed E-state index contributed by atoms with van der Waals surface area (Å²) in [4.78, 5) is -0.818. The SMILES string of the molecule is O=S(=O)(NCc1c(F)ccc(F)c1Cl)c1ccc(F)cc1F. The predicted octanol–water partition coefficient (Wildman–Crippen LogP) is 3.37. The van der Waals surface area contributed by atoms with Crippen molar-refractivity contribution >= 4 is 21.6 Å². The molecule has 0 radical (unpaired) electrons. The molecule has 0 saturated heterocycles. The van der Waals surface area contributed by atoms with Gasteiger partial charge in [0.05, 0.1) is 5.02 Å². The minimum atomic E-state index is -4.39. The minimum absolute atomic E-state index is 0.393. The molecule has 3 nitrogen and oxygen atoms in total. The highest BCUT2D eigenvalue weighted by atomic mass is 35.5. The van der Waals surface area contributed by atoms with Crippen molar-refractivity contribution in [1.82, 2.24) is 4.72 Å². The monoisotopic (exact) mass is 353 g/mol. The number of halogens is 5. The Hall–Kier alpha value is -1.64. The van der Waals surface area contributed by atoms with Crippen LogP contribution < -0.4 is 4.72 Å². The van der Waals surface area contributed by atoms with Crippen LogP contribution in [0.3, 0.4) is 0 Å². The summed E-state index contributed by atoms with van der Waals surface area (Å²) in [6.07, 6.45) is 0. The quantitative estimate of drug-likeness (QED) is 0.676. The number of nitrogens with one attached hydrogen (secondary N) is 1. The van der Waals surface area contributed by atoms with Crippen molar-refractivity contribution in [2.75, 3.05) is 0 Å². The Bertz CT molecular complexity index is 827. The van der Waals surface area contributed by atoms with E-state index in [0.29, 0.717) is 6.07 Å². The van der Waals surface area contributed by atoms with Gasteiger partial charge in [0.1, 0.15) is 28.2 Å². The van der Waals surface area contributed by atoms with E-state index >= 15 is 0 Å². The molecule has 0 saturated carbocycles. The van der Waals surface area contributed by atoms with Crippen molar-refractivity contribution in [3.05, 3.63) is 64.2 Å². The number of benzene rings is 2. The molecular weight excluding hydrogens is 346 g/mol. The molecule has 0 unspecified atom stereocenters. The van der Waals surface area contributed by atoms with Gasteiger partial charge in [-0.05, 0) is 24.3 Å². The maximum absolute atomic E-state index is 13.5. The number of sulfonamides is 1. The fourth-order valence-electron chi connectivity index (χ4n) is 1.67. The van der Waals surface area contributed by atoms with Gasteiger partial charge in [0, 0.05) is 18.2 Å². The zero-order valence-corrected chi connectivity index (χ0v) is 12.3. The molecule has 0 spiro atoms. The Labute approximate surface area is 128 Å². The second-order valence-electron chi connectivity index (χ2n) is 4.22. The maximum Gasteiger partial charge on any atom is 0.243 e. The van der Waals surface area contributed by atoms with Gasteiger partial charge in [0.25, 0.3) is 0 Å². The summed E-state index contributed by atoms with van der Waals surface area (Å²) < 4.78 is 78.7. The predicted molar refractivity (Wildman–Crippen MR) is 71.8 cm³/mol. The molecule has 118 valence electrons. The van der Waals surface area contributed by atoms with E-state index in [-0.39, 0.29) is 0 Å². The topological polar surface area (TPSA) is 46.2 Å². The summed E-state index contributed by atoms with van der Waals surface area (Å²) in [5, 5.41) is -0.581.